The standard InChI is InChI=1S/C9H17NO6S.H2O4S/c1-15-8(14)7-5(12)4(11)6(13)9(16-7)17-3-2-10;1-5(2,3)4/h4-7,9,11-13H,2-3,10H2,1H3;(H2,1,2,3,4)/t4-,5-,6+,7-,9+;/m1./s1. The van der Waals surface area contributed by atoms with E-state index in [9.17, 15) is 20.1 Å². The van der Waals surface area contributed by atoms with E-state index in [-0.39, 0.29) is 0 Å². The van der Waals surface area contributed by atoms with Crippen LogP contribution >= 0.6 is 11.8 Å². The topological polar surface area (TPSA) is 197 Å². The fourth-order valence-corrected chi connectivity index (χ4v) is 2.41. The molecule has 1 fully saturated rings. The summed E-state index contributed by atoms with van der Waals surface area (Å²) >= 11 is 1.17. The van der Waals surface area contributed by atoms with Crippen molar-refractivity contribution in [2.45, 2.75) is 29.9 Å². The first kappa shape index (κ1) is 21.5. The molecular weight excluding hydrogens is 346 g/mol. The van der Waals surface area contributed by atoms with Crippen molar-refractivity contribution in [3.63, 3.8) is 0 Å². The van der Waals surface area contributed by atoms with Crippen LogP contribution in [-0.2, 0) is 24.7 Å². The summed E-state index contributed by atoms with van der Waals surface area (Å²) < 4.78 is 41.2. The van der Waals surface area contributed by atoms with Crippen molar-refractivity contribution in [3.05, 3.63) is 0 Å². The van der Waals surface area contributed by atoms with Gasteiger partial charge >= 0.3 is 16.4 Å². The van der Waals surface area contributed by atoms with Crippen molar-refractivity contribution < 1.29 is 47.1 Å². The number of esters is 1. The lowest BCUT2D eigenvalue weighted by molar-refractivity contribution is -0.211. The molecular formula is C9H19NO10S2. The molecule has 1 aliphatic heterocycles. The van der Waals surface area contributed by atoms with Crippen molar-refractivity contribution in [2.75, 3.05) is 19.4 Å². The van der Waals surface area contributed by atoms with E-state index in [4.69, 9.17) is 28.0 Å². The molecule has 132 valence electrons. The molecule has 11 nitrogen and oxygen atoms in total. The summed E-state index contributed by atoms with van der Waals surface area (Å²) in [5.74, 6) is -0.292. The second kappa shape index (κ2) is 9.59. The molecule has 0 aromatic carbocycles. The van der Waals surface area contributed by atoms with Gasteiger partial charge < -0.3 is 30.5 Å². The second-order valence-corrected chi connectivity index (χ2v) is 6.13. The van der Waals surface area contributed by atoms with Crippen LogP contribution in [-0.4, -0.2) is 88.1 Å². The van der Waals surface area contributed by atoms with Gasteiger partial charge in [0, 0.05) is 12.3 Å². The van der Waals surface area contributed by atoms with Gasteiger partial charge in [0.2, 0.25) is 0 Å². The van der Waals surface area contributed by atoms with Crippen LogP contribution in [0.5, 0.6) is 0 Å². The Labute approximate surface area is 131 Å². The third-order valence-electron chi connectivity index (χ3n) is 2.40. The average molecular weight is 365 g/mol. The van der Waals surface area contributed by atoms with Gasteiger partial charge in [-0.1, -0.05) is 0 Å². The number of carbonyl (C=O) groups is 1. The summed E-state index contributed by atoms with van der Waals surface area (Å²) in [5.41, 5.74) is 4.49. The number of hydrogen-bond donors (Lipinski definition) is 6. The maximum Gasteiger partial charge on any atom is 0.394 e. The molecule has 1 saturated heterocycles. The van der Waals surface area contributed by atoms with Gasteiger partial charge in [-0.2, -0.15) is 8.42 Å². The summed E-state index contributed by atoms with van der Waals surface area (Å²) in [6.07, 6.45) is -5.54. The minimum Gasteiger partial charge on any atom is -0.467 e. The summed E-state index contributed by atoms with van der Waals surface area (Å²) in [6, 6.07) is 0. The zero-order chi connectivity index (χ0) is 17.5. The van der Waals surface area contributed by atoms with Crippen LogP contribution in [0.15, 0.2) is 0 Å². The van der Waals surface area contributed by atoms with E-state index < -0.39 is 46.2 Å². The lowest BCUT2D eigenvalue weighted by Gasteiger charge is -2.38. The molecule has 7 N–H and O–H groups in total. The maximum atomic E-state index is 11.3. The molecule has 0 unspecified atom stereocenters. The van der Waals surface area contributed by atoms with Crippen molar-refractivity contribution in [1.82, 2.24) is 0 Å². The minimum absolute atomic E-state index is 0.374. The van der Waals surface area contributed by atoms with Crippen LogP contribution in [0.2, 0.25) is 0 Å². The Bertz CT molecular complexity index is 436. The number of aliphatic hydroxyl groups is 3. The summed E-state index contributed by atoms with van der Waals surface area (Å²) in [6.45, 7) is 0.374. The molecule has 1 aliphatic rings. The lowest BCUT2D eigenvalue weighted by atomic mass is 10.00. The summed E-state index contributed by atoms with van der Waals surface area (Å²) in [5, 5.41) is 28.8. The monoisotopic (exact) mass is 365 g/mol. The van der Waals surface area contributed by atoms with Crippen LogP contribution in [0, 0.1) is 0 Å². The molecule has 13 heteroatoms. The summed E-state index contributed by atoms with van der Waals surface area (Å²) in [4.78, 5) is 11.3. The lowest BCUT2D eigenvalue weighted by Crippen LogP contribution is -2.59. The predicted octanol–water partition coefficient (Wildman–Crippen LogP) is -2.99. The fraction of sp³-hybridized carbons (Fsp3) is 0.889. The van der Waals surface area contributed by atoms with Gasteiger partial charge in [0.25, 0.3) is 0 Å². The second-order valence-electron chi connectivity index (χ2n) is 4.03. The maximum absolute atomic E-state index is 11.3. The number of thioether (sulfide) groups is 1. The first-order valence-corrected chi connectivity index (χ1v) is 8.26. The van der Waals surface area contributed by atoms with Gasteiger partial charge in [-0.25, -0.2) is 4.79 Å². The third kappa shape index (κ3) is 7.66. The molecule has 0 radical (unpaired) electrons. The summed E-state index contributed by atoms with van der Waals surface area (Å²) in [7, 11) is -3.52. The highest BCUT2D eigenvalue weighted by molar-refractivity contribution is 7.99. The van der Waals surface area contributed by atoms with Crippen LogP contribution in [0.4, 0.5) is 0 Å². The number of rotatable bonds is 4. The highest BCUT2D eigenvalue weighted by atomic mass is 32.3. The zero-order valence-electron chi connectivity index (χ0n) is 11.5. The Kier molecular flexibility index (Phi) is 9.37. The van der Waals surface area contributed by atoms with Crippen LogP contribution in [0.25, 0.3) is 0 Å². The minimum atomic E-state index is -4.67. The molecule has 0 saturated carbocycles. The van der Waals surface area contributed by atoms with E-state index in [1.54, 1.807) is 0 Å². The van der Waals surface area contributed by atoms with Crippen LogP contribution in [0.1, 0.15) is 0 Å². The van der Waals surface area contributed by atoms with Gasteiger partial charge in [-0.15, -0.1) is 11.8 Å². The van der Waals surface area contributed by atoms with Crippen LogP contribution in [0.3, 0.4) is 0 Å². The predicted molar refractivity (Wildman–Crippen MR) is 74.4 cm³/mol. The number of methoxy groups -OCH3 is 1. The van der Waals surface area contributed by atoms with Crippen LogP contribution < -0.4 is 5.73 Å². The normalized spacial score (nSPS) is 31.9. The molecule has 1 heterocycles. The molecule has 0 aromatic heterocycles. The van der Waals surface area contributed by atoms with Crippen molar-refractivity contribution in [1.29, 1.82) is 0 Å². The molecule has 0 amide bonds. The van der Waals surface area contributed by atoms with E-state index >= 15 is 0 Å². The highest BCUT2D eigenvalue weighted by Gasteiger charge is 2.47. The largest absolute Gasteiger partial charge is 0.467 e. The van der Waals surface area contributed by atoms with E-state index in [0.29, 0.717) is 12.3 Å². The molecule has 5 atom stereocenters. The smallest absolute Gasteiger partial charge is 0.394 e. The molecule has 0 aromatic rings. The number of nitrogens with two attached hydrogens (primary N) is 1. The average Bonchev–Trinajstić information content (AvgIpc) is 2.41. The Morgan fingerprint density at radius 3 is 2.14 bits per heavy atom. The molecule has 0 aliphatic carbocycles. The number of carbonyl (C=O) groups excluding carboxylic acids is 1. The Morgan fingerprint density at radius 1 is 1.23 bits per heavy atom. The number of hydrogen-bond acceptors (Lipinski definition) is 10. The van der Waals surface area contributed by atoms with Gasteiger partial charge in [0.1, 0.15) is 23.7 Å². The molecule has 22 heavy (non-hydrogen) atoms. The van der Waals surface area contributed by atoms with E-state index in [0.717, 1.165) is 7.11 Å². The quantitative estimate of drug-likeness (QED) is 0.218. The van der Waals surface area contributed by atoms with Crippen molar-refractivity contribution >= 4 is 28.1 Å². The fourth-order valence-electron chi connectivity index (χ4n) is 1.48. The van der Waals surface area contributed by atoms with Gasteiger partial charge in [0.15, 0.2) is 6.10 Å². The van der Waals surface area contributed by atoms with Gasteiger partial charge in [-0.3, -0.25) is 9.11 Å². The first-order valence-electron chi connectivity index (χ1n) is 5.82. The zero-order valence-corrected chi connectivity index (χ0v) is 13.1. The molecule has 1 rings (SSSR count). The van der Waals surface area contributed by atoms with Crippen molar-refractivity contribution in [3.8, 4) is 0 Å². The Balaban J connectivity index is 0.000000763. The van der Waals surface area contributed by atoms with Crippen molar-refractivity contribution in [2.24, 2.45) is 5.73 Å². The SMILES string of the molecule is COC(=O)[C@@H]1O[C@@H](SCCN)[C@@H](O)[C@H](O)[C@H]1O.O=S(=O)(O)O. The molecule has 0 spiro atoms. The van der Waals surface area contributed by atoms with Gasteiger partial charge in [0.05, 0.1) is 7.11 Å². The van der Waals surface area contributed by atoms with Gasteiger partial charge in [-0.05, 0) is 0 Å². The third-order valence-corrected chi connectivity index (χ3v) is 3.59. The highest BCUT2D eigenvalue weighted by Crippen LogP contribution is 2.28. The van der Waals surface area contributed by atoms with E-state index in [1.165, 1.54) is 11.8 Å². The Hall–Kier alpha value is -0.510. The first-order chi connectivity index (χ1) is 10.0. The van der Waals surface area contributed by atoms with E-state index in [2.05, 4.69) is 4.74 Å². The Morgan fingerprint density at radius 2 is 1.73 bits per heavy atom. The number of ether oxygens (including phenoxy) is 2. The number of aliphatic hydroxyl groups excluding tert-OH is 3. The van der Waals surface area contributed by atoms with E-state index in [1.807, 2.05) is 0 Å². The molecule has 0 bridgehead atoms.